The van der Waals surface area contributed by atoms with E-state index < -0.39 is 11.9 Å². The highest BCUT2D eigenvalue weighted by atomic mass is 16.2. The SMILES string of the molecule is N=C(N)N(N)C(=O)c1ccncc1. The van der Waals surface area contributed by atoms with Crippen molar-refractivity contribution in [3.8, 4) is 0 Å². The molecule has 6 nitrogen and oxygen atoms in total. The smallest absolute Gasteiger partial charge is 0.275 e. The first kappa shape index (κ1) is 9.14. The molecular formula is C7H9N5O. The van der Waals surface area contributed by atoms with Crippen molar-refractivity contribution in [1.29, 1.82) is 5.41 Å². The first-order valence-corrected chi connectivity index (χ1v) is 3.46. The highest BCUT2D eigenvalue weighted by molar-refractivity contribution is 6.03. The molecule has 0 radical (unpaired) electrons. The number of hydrazine groups is 1. The summed E-state index contributed by atoms with van der Waals surface area (Å²) in [5.41, 5.74) is 5.36. The molecule has 0 aromatic carbocycles. The molecule has 13 heavy (non-hydrogen) atoms. The summed E-state index contributed by atoms with van der Waals surface area (Å²) in [6, 6.07) is 2.98. The molecule has 68 valence electrons. The summed E-state index contributed by atoms with van der Waals surface area (Å²) >= 11 is 0. The molecule has 5 N–H and O–H groups in total. The van der Waals surface area contributed by atoms with Crippen LogP contribution in [0.1, 0.15) is 10.4 Å². The van der Waals surface area contributed by atoms with Crippen molar-refractivity contribution in [3.63, 3.8) is 0 Å². The number of amides is 1. The van der Waals surface area contributed by atoms with Crippen molar-refractivity contribution in [3.05, 3.63) is 30.1 Å². The number of carbonyl (C=O) groups excluding carboxylic acids is 1. The summed E-state index contributed by atoms with van der Waals surface area (Å²) in [7, 11) is 0. The minimum absolute atomic E-state index is 0.340. The molecule has 0 saturated heterocycles. The molecular weight excluding hydrogens is 170 g/mol. The fourth-order valence-corrected chi connectivity index (χ4v) is 0.743. The van der Waals surface area contributed by atoms with Gasteiger partial charge in [0.1, 0.15) is 0 Å². The van der Waals surface area contributed by atoms with Crippen molar-refractivity contribution < 1.29 is 4.79 Å². The van der Waals surface area contributed by atoms with Gasteiger partial charge in [0.05, 0.1) is 0 Å². The number of guanidine groups is 1. The Morgan fingerprint density at radius 1 is 1.46 bits per heavy atom. The number of pyridine rings is 1. The van der Waals surface area contributed by atoms with E-state index in [4.69, 9.17) is 17.0 Å². The van der Waals surface area contributed by atoms with Gasteiger partial charge in [-0.25, -0.2) is 10.9 Å². The van der Waals surface area contributed by atoms with Crippen LogP contribution >= 0.6 is 0 Å². The number of rotatable bonds is 1. The van der Waals surface area contributed by atoms with Crippen LogP contribution < -0.4 is 11.6 Å². The Morgan fingerprint density at radius 2 is 2.00 bits per heavy atom. The topological polar surface area (TPSA) is 109 Å². The fraction of sp³-hybridized carbons (Fsp3) is 0. The van der Waals surface area contributed by atoms with Gasteiger partial charge in [-0.3, -0.25) is 15.2 Å². The third-order valence-electron chi connectivity index (χ3n) is 1.41. The predicted octanol–water partition coefficient (Wildman–Crippen LogP) is -0.709. The molecule has 6 heteroatoms. The number of hydrogen-bond donors (Lipinski definition) is 3. The van der Waals surface area contributed by atoms with Gasteiger partial charge in [-0.15, -0.1) is 0 Å². The highest BCUT2D eigenvalue weighted by Gasteiger charge is 2.13. The van der Waals surface area contributed by atoms with Gasteiger partial charge < -0.3 is 5.73 Å². The van der Waals surface area contributed by atoms with Crippen LogP contribution in [0.4, 0.5) is 0 Å². The first-order valence-electron chi connectivity index (χ1n) is 3.46. The summed E-state index contributed by atoms with van der Waals surface area (Å²) in [4.78, 5) is 15.1. The van der Waals surface area contributed by atoms with Crippen molar-refractivity contribution in [2.45, 2.75) is 0 Å². The van der Waals surface area contributed by atoms with Gasteiger partial charge in [-0.05, 0) is 12.1 Å². The van der Waals surface area contributed by atoms with Crippen molar-refractivity contribution in [2.75, 3.05) is 0 Å². The molecule has 1 aromatic rings. The monoisotopic (exact) mass is 179 g/mol. The van der Waals surface area contributed by atoms with E-state index in [1.165, 1.54) is 24.5 Å². The molecule has 0 aliphatic rings. The molecule has 0 spiro atoms. The lowest BCUT2D eigenvalue weighted by Crippen LogP contribution is -2.46. The maximum Gasteiger partial charge on any atom is 0.275 e. The predicted molar refractivity (Wildman–Crippen MR) is 46.5 cm³/mol. The number of nitrogens with one attached hydrogen (secondary N) is 1. The molecule has 1 rings (SSSR count). The first-order chi connectivity index (χ1) is 6.13. The maximum absolute atomic E-state index is 11.3. The summed E-state index contributed by atoms with van der Waals surface area (Å²) in [6.45, 7) is 0. The van der Waals surface area contributed by atoms with Crippen LogP contribution in [0.15, 0.2) is 24.5 Å². The largest absolute Gasteiger partial charge is 0.369 e. The van der Waals surface area contributed by atoms with Gasteiger partial charge in [0.2, 0.25) is 5.96 Å². The third kappa shape index (κ3) is 2.00. The van der Waals surface area contributed by atoms with Crippen LogP contribution in [-0.4, -0.2) is 21.9 Å². The van der Waals surface area contributed by atoms with Gasteiger partial charge >= 0.3 is 0 Å². The second kappa shape index (κ2) is 3.63. The van der Waals surface area contributed by atoms with Gasteiger partial charge in [0.15, 0.2) is 0 Å². The molecule has 1 amide bonds. The van der Waals surface area contributed by atoms with E-state index >= 15 is 0 Å². The molecule has 0 saturated carbocycles. The Kier molecular flexibility index (Phi) is 2.56. The Bertz CT molecular complexity index is 323. The van der Waals surface area contributed by atoms with E-state index in [1.54, 1.807) is 0 Å². The van der Waals surface area contributed by atoms with Crippen LogP contribution in [0, 0.1) is 5.41 Å². The Balaban J connectivity index is 2.86. The van der Waals surface area contributed by atoms with E-state index in [2.05, 4.69) is 4.98 Å². The average Bonchev–Trinajstić information content (AvgIpc) is 2.17. The van der Waals surface area contributed by atoms with E-state index in [-0.39, 0.29) is 0 Å². The normalized spacial score (nSPS) is 9.31. The zero-order chi connectivity index (χ0) is 9.84. The molecule has 0 fully saturated rings. The van der Waals surface area contributed by atoms with E-state index in [0.717, 1.165) is 0 Å². The quantitative estimate of drug-likeness (QED) is 0.174. The van der Waals surface area contributed by atoms with E-state index in [1.807, 2.05) is 0 Å². The van der Waals surface area contributed by atoms with Gasteiger partial charge in [0, 0.05) is 18.0 Å². The second-order valence-electron chi connectivity index (χ2n) is 2.30. The molecule has 0 unspecified atom stereocenters. The van der Waals surface area contributed by atoms with Crippen LogP contribution in [-0.2, 0) is 0 Å². The maximum atomic E-state index is 11.3. The van der Waals surface area contributed by atoms with Gasteiger partial charge in [-0.2, -0.15) is 0 Å². The number of hydrogen-bond acceptors (Lipinski definition) is 4. The molecule has 1 heterocycles. The van der Waals surface area contributed by atoms with Crippen LogP contribution in [0.3, 0.4) is 0 Å². The minimum Gasteiger partial charge on any atom is -0.369 e. The van der Waals surface area contributed by atoms with Crippen LogP contribution in [0.5, 0.6) is 0 Å². The Labute approximate surface area is 74.6 Å². The van der Waals surface area contributed by atoms with Gasteiger partial charge in [-0.1, -0.05) is 0 Å². The Morgan fingerprint density at radius 3 is 2.46 bits per heavy atom. The Hall–Kier alpha value is -1.95. The zero-order valence-electron chi connectivity index (χ0n) is 6.77. The van der Waals surface area contributed by atoms with Crippen molar-refractivity contribution in [2.24, 2.45) is 11.6 Å². The van der Waals surface area contributed by atoms with Crippen molar-refractivity contribution >= 4 is 11.9 Å². The minimum atomic E-state index is -0.533. The average molecular weight is 179 g/mol. The highest BCUT2D eigenvalue weighted by Crippen LogP contribution is 1.98. The summed E-state index contributed by atoms with van der Waals surface area (Å²) < 4.78 is 0. The van der Waals surface area contributed by atoms with E-state index in [9.17, 15) is 4.79 Å². The van der Waals surface area contributed by atoms with Gasteiger partial charge in [0.25, 0.3) is 5.91 Å². The molecule has 0 aliphatic heterocycles. The van der Waals surface area contributed by atoms with Crippen molar-refractivity contribution in [1.82, 2.24) is 9.99 Å². The molecule has 1 aromatic heterocycles. The summed E-state index contributed by atoms with van der Waals surface area (Å²) in [6.07, 6.45) is 2.92. The lowest BCUT2D eigenvalue weighted by Gasteiger charge is -2.13. The number of nitrogens with zero attached hydrogens (tertiary/aromatic N) is 2. The van der Waals surface area contributed by atoms with Crippen LogP contribution in [0.2, 0.25) is 0 Å². The third-order valence-corrected chi connectivity index (χ3v) is 1.41. The number of carbonyl (C=O) groups is 1. The standard InChI is InChI=1S/C7H9N5O/c8-7(9)12(10)6(13)5-1-3-11-4-2-5/h1-4H,10H2,(H3,8,9). The number of nitrogens with two attached hydrogens (primary N) is 2. The number of aromatic nitrogens is 1. The molecule has 0 aliphatic carbocycles. The van der Waals surface area contributed by atoms with Crippen LogP contribution in [0.25, 0.3) is 0 Å². The second-order valence-corrected chi connectivity index (χ2v) is 2.30. The zero-order valence-corrected chi connectivity index (χ0v) is 6.77. The fourth-order valence-electron chi connectivity index (χ4n) is 0.743. The summed E-state index contributed by atoms with van der Waals surface area (Å²) in [5, 5.41) is 7.49. The molecule has 0 bridgehead atoms. The lowest BCUT2D eigenvalue weighted by atomic mass is 10.2. The lowest BCUT2D eigenvalue weighted by molar-refractivity contribution is 0.0844. The van der Waals surface area contributed by atoms with E-state index in [0.29, 0.717) is 10.6 Å². The molecule has 0 atom stereocenters. The summed E-state index contributed by atoms with van der Waals surface area (Å²) in [5.74, 6) is 4.18.